The van der Waals surface area contributed by atoms with Crippen molar-refractivity contribution in [3.8, 4) is 5.75 Å². The van der Waals surface area contributed by atoms with Crippen molar-refractivity contribution in [1.82, 2.24) is 5.32 Å². The summed E-state index contributed by atoms with van der Waals surface area (Å²) in [5.74, 6) is -0.346. The normalized spacial score (nSPS) is 12.0. The van der Waals surface area contributed by atoms with Crippen LogP contribution in [0.5, 0.6) is 5.75 Å². The molecule has 5 heteroatoms. The molecule has 0 spiro atoms. The fourth-order valence-electron chi connectivity index (χ4n) is 1.01. The second-order valence-electron chi connectivity index (χ2n) is 2.95. The lowest BCUT2D eigenvalue weighted by Gasteiger charge is -2.13. The van der Waals surface area contributed by atoms with Gasteiger partial charge in [0.15, 0.2) is 6.10 Å². The lowest BCUT2D eigenvalue weighted by molar-refractivity contribution is -0.126. The zero-order chi connectivity index (χ0) is 11.4. The molecule has 1 N–H and O–H groups in total. The first-order valence-corrected chi connectivity index (χ1v) is 5.17. The van der Waals surface area contributed by atoms with E-state index in [4.69, 9.17) is 4.74 Å². The third kappa shape index (κ3) is 3.20. The molecule has 0 radical (unpaired) electrons. The molecular formula is C10H11BrFNO2. The summed E-state index contributed by atoms with van der Waals surface area (Å²) in [5.41, 5.74) is 0. The highest BCUT2D eigenvalue weighted by Crippen LogP contribution is 2.21. The molecule has 1 rings (SSSR count). The lowest BCUT2D eigenvalue weighted by Crippen LogP contribution is -2.33. The van der Waals surface area contributed by atoms with Crippen LogP contribution in [0.1, 0.15) is 6.92 Å². The van der Waals surface area contributed by atoms with Crippen molar-refractivity contribution in [2.75, 3.05) is 7.05 Å². The molecule has 82 valence electrons. The van der Waals surface area contributed by atoms with Gasteiger partial charge in [-0.05, 0) is 35.0 Å². The van der Waals surface area contributed by atoms with E-state index < -0.39 is 11.9 Å². The van der Waals surface area contributed by atoms with Crippen molar-refractivity contribution in [3.63, 3.8) is 0 Å². The molecule has 0 aliphatic carbocycles. The highest BCUT2D eigenvalue weighted by Gasteiger charge is 2.13. The quantitative estimate of drug-likeness (QED) is 0.918. The van der Waals surface area contributed by atoms with E-state index >= 15 is 0 Å². The van der Waals surface area contributed by atoms with Crippen LogP contribution < -0.4 is 10.1 Å². The van der Waals surface area contributed by atoms with E-state index in [2.05, 4.69) is 21.2 Å². The van der Waals surface area contributed by atoms with Crippen LogP contribution >= 0.6 is 15.9 Å². The van der Waals surface area contributed by atoms with E-state index in [1.165, 1.54) is 19.2 Å². The van der Waals surface area contributed by atoms with Crippen molar-refractivity contribution in [3.05, 3.63) is 28.5 Å². The second-order valence-corrected chi connectivity index (χ2v) is 3.80. The minimum absolute atomic E-state index is 0.252. The maximum Gasteiger partial charge on any atom is 0.260 e. The minimum atomic E-state index is -0.643. The fraction of sp³-hybridized carbons (Fsp3) is 0.300. The average Bonchev–Trinajstić information content (AvgIpc) is 2.22. The predicted molar refractivity (Wildman–Crippen MR) is 58.3 cm³/mol. The van der Waals surface area contributed by atoms with Crippen molar-refractivity contribution in [2.45, 2.75) is 13.0 Å². The number of amides is 1. The van der Waals surface area contributed by atoms with Gasteiger partial charge in [0.2, 0.25) is 0 Å². The molecule has 0 heterocycles. The monoisotopic (exact) mass is 275 g/mol. The topological polar surface area (TPSA) is 38.3 Å². The van der Waals surface area contributed by atoms with Gasteiger partial charge in [-0.25, -0.2) is 4.39 Å². The van der Waals surface area contributed by atoms with Gasteiger partial charge in [0.25, 0.3) is 5.91 Å². The molecule has 1 atom stereocenters. The number of likely N-dealkylation sites (N-methyl/N-ethyl adjacent to an activating group) is 1. The summed E-state index contributed by atoms with van der Waals surface area (Å²) in [4.78, 5) is 11.1. The highest BCUT2D eigenvalue weighted by molar-refractivity contribution is 9.10. The van der Waals surface area contributed by atoms with Crippen LogP contribution in [0.3, 0.4) is 0 Å². The first-order chi connectivity index (χ1) is 7.04. The van der Waals surface area contributed by atoms with Crippen molar-refractivity contribution < 1.29 is 13.9 Å². The summed E-state index contributed by atoms with van der Waals surface area (Å²) in [5, 5.41) is 2.44. The molecule has 1 aromatic carbocycles. The molecule has 0 aromatic heterocycles. The first kappa shape index (κ1) is 12.0. The second kappa shape index (κ2) is 5.11. The Morgan fingerprint density at radius 1 is 1.60 bits per heavy atom. The maximum absolute atomic E-state index is 13.1. The van der Waals surface area contributed by atoms with E-state index in [0.29, 0.717) is 10.2 Å². The molecule has 0 aliphatic heterocycles. The number of hydrogen-bond acceptors (Lipinski definition) is 2. The van der Waals surface area contributed by atoms with Crippen molar-refractivity contribution in [2.24, 2.45) is 0 Å². The number of rotatable bonds is 3. The van der Waals surface area contributed by atoms with Crippen LogP contribution in [0, 0.1) is 5.82 Å². The molecule has 15 heavy (non-hydrogen) atoms. The molecular weight excluding hydrogens is 265 g/mol. The Morgan fingerprint density at radius 3 is 2.80 bits per heavy atom. The SMILES string of the molecule is CNC(=O)C(C)Oc1ccc(Br)c(F)c1. The number of nitrogens with one attached hydrogen (secondary N) is 1. The Labute approximate surface area is 95.7 Å². The molecule has 0 aliphatic rings. The van der Waals surface area contributed by atoms with Gasteiger partial charge >= 0.3 is 0 Å². The van der Waals surface area contributed by atoms with Gasteiger partial charge in [-0.1, -0.05) is 0 Å². The molecule has 1 unspecified atom stereocenters. The van der Waals surface area contributed by atoms with Gasteiger partial charge in [0.1, 0.15) is 11.6 Å². The van der Waals surface area contributed by atoms with E-state index in [0.717, 1.165) is 0 Å². The van der Waals surface area contributed by atoms with Gasteiger partial charge in [0.05, 0.1) is 4.47 Å². The van der Waals surface area contributed by atoms with Gasteiger partial charge in [-0.15, -0.1) is 0 Å². The molecule has 1 aromatic rings. The third-order valence-corrected chi connectivity index (χ3v) is 2.46. The molecule has 1 amide bonds. The average molecular weight is 276 g/mol. The summed E-state index contributed by atoms with van der Waals surface area (Å²) < 4.78 is 18.7. The van der Waals surface area contributed by atoms with Crippen LogP contribution in [0.25, 0.3) is 0 Å². The molecule has 0 saturated carbocycles. The van der Waals surface area contributed by atoms with Gasteiger partial charge in [-0.3, -0.25) is 4.79 Å². The summed E-state index contributed by atoms with van der Waals surface area (Å²) in [6.45, 7) is 1.60. The number of carbonyl (C=O) groups is 1. The van der Waals surface area contributed by atoms with Crippen LogP contribution in [0.2, 0.25) is 0 Å². The number of ether oxygens (including phenoxy) is 1. The van der Waals surface area contributed by atoms with E-state index in [1.807, 2.05) is 0 Å². The maximum atomic E-state index is 13.1. The zero-order valence-electron chi connectivity index (χ0n) is 8.38. The summed E-state index contributed by atoms with van der Waals surface area (Å²) in [6.07, 6.45) is -0.643. The van der Waals surface area contributed by atoms with Crippen LogP contribution in [0.15, 0.2) is 22.7 Å². The smallest absolute Gasteiger partial charge is 0.260 e. The predicted octanol–water partition coefficient (Wildman–Crippen LogP) is 2.10. The molecule has 3 nitrogen and oxygen atoms in total. The molecule has 0 bridgehead atoms. The first-order valence-electron chi connectivity index (χ1n) is 4.38. The Hall–Kier alpha value is -1.10. The van der Waals surface area contributed by atoms with Crippen LogP contribution in [-0.4, -0.2) is 19.1 Å². The molecule has 0 fully saturated rings. The Balaban J connectivity index is 2.73. The minimum Gasteiger partial charge on any atom is -0.481 e. The fourth-order valence-corrected chi connectivity index (χ4v) is 1.26. The summed E-state index contributed by atoms with van der Waals surface area (Å²) >= 11 is 3.03. The third-order valence-electron chi connectivity index (χ3n) is 1.82. The van der Waals surface area contributed by atoms with E-state index in [1.54, 1.807) is 13.0 Å². The summed E-state index contributed by atoms with van der Waals surface area (Å²) in [6, 6.07) is 4.34. The van der Waals surface area contributed by atoms with Crippen LogP contribution in [0.4, 0.5) is 4.39 Å². The largest absolute Gasteiger partial charge is 0.481 e. The Kier molecular flexibility index (Phi) is 4.08. The van der Waals surface area contributed by atoms with Gasteiger partial charge in [0, 0.05) is 13.1 Å². The van der Waals surface area contributed by atoms with Gasteiger partial charge in [-0.2, -0.15) is 0 Å². The standard InChI is InChI=1S/C10H11BrFNO2/c1-6(10(14)13-2)15-7-3-4-8(11)9(12)5-7/h3-6H,1-2H3,(H,13,14). The number of hydrogen-bond donors (Lipinski definition) is 1. The highest BCUT2D eigenvalue weighted by atomic mass is 79.9. The Bertz CT molecular complexity index is 370. The summed E-state index contributed by atoms with van der Waals surface area (Å²) in [7, 11) is 1.52. The van der Waals surface area contributed by atoms with E-state index in [9.17, 15) is 9.18 Å². The van der Waals surface area contributed by atoms with Crippen LogP contribution in [-0.2, 0) is 4.79 Å². The van der Waals surface area contributed by atoms with Crippen molar-refractivity contribution in [1.29, 1.82) is 0 Å². The number of carbonyl (C=O) groups excluding carboxylic acids is 1. The number of halogens is 2. The Morgan fingerprint density at radius 2 is 2.27 bits per heavy atom. The zero-order valence-corrected chi connectivity index (χ0v) is 9.97. The van der Waals surface area contributed by atoms with Crippen molar-refractivity contribution >= 4 is 21.8 Å². The lowest BCUT2D eigenvalue weighted by atomic mass is 10.3. The molecule has 0 saturated heterocycles. The van der Waals surface area contributed by atoms with E-state index in [-0.39, 0.29) is 5.91 Å². The number of benzene rings is 1. The van der Waals surface area contributed by atoms with Gasteiger partial charge < -0.3 is 10.1 Å².